The van der Waals surface area contributed by atoms with Crippen LogP contribution in [0.3, 0.4) is 0 Å². The lowest BCUT2D eigenvalue weighted by atomic mass is 10.1. The van der Waals surface area contributed by atoms with Gasteiger partial charge in [0.05, 0.1) is 11.4 Å². The van der Waals surface area contributed by atoms with E-state index in [4.69, 9.17) is 4.74 Å². The number of carbonyl (C=O) groups excluding carboxylic acids is 1. The van der Waals surface area contributed by atoms with E-state index in [9.17, 15) is 13.2 Å². The predicted molar refractivity (Wildman–Crippen MR) is 108 cm³/mol. The summed E-state index contributed by atoms with van der Waals surface area (Å²) in [6, 6.07) is 12.0. The Bertz CT molecular complexity index is 933. The number of nitrogens with one attached hydrogen (secondary N) is 1. The van der Waals surface area contributed by atoms with Gasteiger partial charge in [0.25, 0.3) is 5.91 Å². The summed E-state index contributed by atoms with van der Waals surface area (Å²) in [7, 11) is -3.41. The SMILES string of the molecule is Cc1ccc(C(=O)NCCOc2ccc(S(=O)(=O)N3CCCC3)cc2)cc1C. The number of aryl methyl sites for hydroxylation is 2. The van der Waals surface area contributed by atoms with Crippen molar-refractivity contribution in [3.05, 3.63) is 59.2 Å². The van der Waals surface area contributed by atoms with E-state index in [1.165, 1.54) is 4.31 Å². The highest BCUT2D eigenvalue weighted by Crippen LogP contribution is 2.22. The summed E-state index contributed by atoms with van der Waals surface area (Å²) in [5.41, 5.74) is 2.85. The van der Waals surface area contributed by atoms with Crippen molar-refractivity contribution < 1.29 is 17.9 Å². The molecule has 0 saturated carbocycles. The van der Waals surface area contributed by atoms with Gasteiger partial charge in [-0.2, -0.15) is 4.31 Å². The van der Waals surface area contributed by atoms with Crippen LogP contribution >= 0.6 is 0 Å². The van der Waals surface area contributed by atoms with E-state index in [0.29, 0.717) is 37.6 Å². The minimum Gasteiger partial charge on any atom is -0.492 e. The fourth-order valence-corrected chi connectivity index (χ4v) is 4.62. The van der Waals surface area contributed by atoms with Crippen LogP contribution in [-0.4, -0.2) is 44.9 Å². The van der Waals surface area contributed by atoms with Gasteiger partial charge >= 0.3 is 0 Å². The highest BCUT2D eigenvalue weighted by molar-refractivity contribution is 7.89. The molecule has 28 heavy (non-hydrogen) atoms. The molecule has 1 saturated heterocycles. The van der Waals surface area contributed by atoms with Crippen molar-refractivity contribution >= 4 is 15.9 Å². The first-order valence-corrected chi connectivity index (χ1v) is 10.9. The zero-order valence-electron chi connectivity index (χ0n) is 16.3. The van der Waals surface area contributed by atoms with Gasteiger partial charge in [-0.15, -0.1) is 0 Å². The third-order valence-corrected chi connectivity index (χ3v) is 6.86. The molecule has 150 valence electrons. The van der Waals surface area contributed by atoms with Crippen molar-refractivity contribution in [2.75, 3.05) is 26.2 Å². The second kappa shape index (κ2) is 8.75. The van der Waals surface area contributed by atoms with E-state index in [1.54, 1.807) is 30.3 Å². The fraction of sp³-hybridized carbons (Fsp3) is 0.381. The van der Waals surface area contributed by atoms with E-state index in [-0.39, 0.29) is 10.8 Å². The van der Waals surface area contributed by atoms with Gasteiger partial charge in [-0.25, -0.2) is 8.42 Å². The topological polar surface area (TPSA) is 75.7 Å². The third-order valence-electron chi connectivity index (χ3n) is 4.95. The summed E-state index contributed by atoms with van der Waals surface area (Å²) in [6.07, 6.45) is 1.82. The molecule has 0 unspecified atom stereocenters. The molecular formula is C21H26N2O4S. The number of nitrogens with zero attached hydrogens (tertiary/aromatic N) is 1. The summed E-state index contributed by atoms with van der Waals surface area (Å²) >= 11 is 0. The number of hydrogen-bond acceptors (Lipinski definition) is 4. The van der Waals surface area contributed by atoms with Crippen molar-refractivity contribution in [1.82, 2.24) is 9.62 Å². The van der Waals surface area contributed by atoms with Crippen LogP contribution in [0.15, 0.2) is 47.4 Å². The smallest absolute Gasteiger partial charge is 0.251 e. The quantitative estimate of drug-likeness (QED) is 0.723. The molecule has 0 bridgehead atoms. The Balaban J connectivity index is 1.48. The minimum atomic E-state index is -3.41. The van der Waals surface area contributed by atoms with Gasteiger partial charge in [0, 0.05) is 18.7 Å². The van der Waals surface area contributed by atoms with Crippen LogP contribution in [0, 0.1) is 13.8 Å². The van der Waals surface area contributed by atoms with E-state index in [2.05, 4.69) is 5.32 Å². The maximum atomic E-state index is 12.5. The molecule has 1 heterocycles. The number of amides is 1. The van der Waals surface area contributed by atoms with Gasteiger partial charge in [0.1, 0.15) is 12.4 Å². The molecule has 7 heteroatoms. The molecule has 1 aliphatic heterocycles. The zero-order valence-corrected chi connectivity index (χ0v) is 17.1. The first-order chi connectivity index (χ1) is 13.4. The van der Waals surface area contributed by atoms with Crippen LogP contribution in [0.25, 0.3) is 0 Å². The third kappa shape index (κ3) is 4.72. The normalized spacial score (nSPS) is 14.8. The number of sulfonamides is 1. The molecule has 1 N–H and O–H groups in total. The number of hydrogen-bond donors (Lipinski definition) is 1. The first-order valence-electron chi connectivity index (χ1n) is 9.46. The second-order valence-electron chi connectivity index (χ2n) is 6.99. The molecular weight excluding hydrogens is 376 g/mol. The largest absolute Gasteiger partial charge is 0.492 e. The van der Waals surface area contributed by atoms with Crippen LogP contribution < -0.4 is 10.1 Å². The fourth-order valence-electron chi connectivity index (χ4n) is 3.10. The Kier molecular flexibility index (Phi) is 6.36. The maximum absolute atomic E-state index is 12.5. The number of carbonyl (C=O) groups is 1. The van der Waals surface area contributed by atoms with Crippen molar-refractivity contribution in [3.8, 4) is 5.75 Å². The van der Waals surface area contributed by atoms with Crippen molar-refractivity contribution in [2.24, 2.45) is 0 Å². The first kappa shape index (κ1) is 20.4. The molecule has 1 fully saturated rings. The van der Waals surface area contributed by atoms with Gasteiger partial charge in [0.2, 0.25) is 10.0 Å². The molecule has 0 aromatic heterocycles. The second-order valence-corrected chi connectivity index (χ2v) is 8.92. The van der Waals surface area contributed by atoms with E-state index in [1.807, 2.05) is 26.0 Å². The Labute approximate surface area is 166 Å². The molecule has 1 aliphatic rings. The van der Waals surface area contributed by atoms with E-state index in [0.717, 1.165) is 24.0 Å². The molecule has 6 nitrogen and oxygen atoms in total. The highest BCUT2D eigenvalue weighted by atomic mass is 32.2. The monoisotopic (exact) mass is 402 g/mol. The van der Waals surface area contributed by atoms with Gasteiger partial charge < -0.3 is 10.1 Å². The maximum Gasteiger partial charge on any atom is 0.251 e. The Morgan fingerprint density at radius 1 is 1.04 bits per heavy atom. The van der Waals surface area contributed by atoms with Crippen LogP contribution in [0.2, 0.25) is 0 Å². The molecule has 0 aliphatic carbocycles. The Hall–Kier alpha value is -2.38. The predicted octanol–water partition coefficient (Wildman–Crippen LogP) is 2.90. The minimum absolute atomic E-state index is 0.140. The van der Waals surface area contributed by atoms with Gasteiger partial charge in [-0.3, -0.25) is 4.79 Å². The summed E-state index contributed by atoms with van der Waals surface area (Å²) in [5.74, 6) is 0.430. The summed E-state index contributed by atoms with van der Waals surface area (Å²) < 4.78 is 32.1. The molecule has 0 atom stereocenters. The van der Waals surface area contributed by atoms with Crippen molar-refractivity contribution in [2.45, 2.75) is 31.6 Å². The molecule has 3 rings (SSSR count). The molecule has 0 spiro atoms. The number of ether oxygens (including phenoxy) is 1. The lowest BCUT2D eigenvalue weighted by Gasteiger charge is -2.15. The van der Waals surface area contributed by atoms with Gasteiger partial charge in [-0.05, 0) is 74.2 Å². The average Bonchev–Trinajstić information content (AvgIpc) is 3.23. The summed E-state index contributed by atoms with van der Waals surface area (Å²) in [5, 5.41) is 2.82. The summed E-state index contributed by atoms with van der Waals surface area (Å²) in [6.45, 7) is 5.81. The van der Waals surface area contributed by atoms with E-state index >= 15 is 0 Å². The van der Waals surface area contributed by atoms with E-state index < -0.39 is 10.0 Å². The van der Waals surface area contributed by atoms with Crippen LogP contribution in [0.4, 0.5) is 0 Å². The standard InChI is InChI=1S/C21H26N2O4S/c1-16-5-6-18(15-17(16)2)21(24)22-11-14-27-19-7-9-20(10-8-19)28(25,26)23-12-3-4-13-23/h5-10,15H,3-4,11-14H2,1-2H3,(H,22,24). The van der Waals surface area contributed by atoms with Crippen LogP contribution in [-0.2, 0) is 10.0 Å². The molecule has 0 radical (unpaired) electrons. The highest BCUT2D eigenvalue weighted by Gasteiger charge is 2.26. The van der Waals surface area contributed by atoms with Crippen molar-refractivity contribution in [3.63, 3.8) is 0 Å². The van der Waals surface area contributed by atoms with Gasteiger partial charge in [-0.1, -0.05) is 6.07 Å². The lowest BCUT2D eigenvalue weighted by molar-refractivity contribution is 0.0947. The average molecular weight is 403 g/mol. The Morgan fingerprint density at radius 3 is 2.36 bits per heavy atom. The van der Waals surface area contributed by atoms with Crippen LogP contribution in [0.1, 0.15) is 34.3 Å². The zero-order chi connectivity index (χ0) is 20.1. The number of benzene rings is 2. The number of rotatable bonds is 7. The van der Waals surface area contributed by atoms with Crippen LogP contribution in [0.5, 0.6) is 5.75 Å². The van der Waals surface area contributed by atoms with Gasteiger partial charge in [0.15, 0.2) is 0 Å². The lowest BCUT2D eigenvalue weighted by Crippen LogP contribution is -2.28. The molecule has 2 aromatic carbocycles. The Morgan fingerprint density at radius 2 is 1.71 bits per heavy atom. The molecule has 1 amide bonds. The summed E-state index contributed by atoms with van der Waals surface area (Å²) in [4.78, 5) is 12.4. The van der Waals surface area contributed by atoms with Crippen molar-refractivity contribution in [1.29, 1.82) is 0 Å². The molecule has 2 aromatic rings.